The lowest BCUT2D eigenvalue weighted by Gasteiger charge is -2.17. The van der Waals surface area contributed by atoms with Crippen LogP contribution in [0.3, 0.4) is 0 Å². The van der Waals surface area contributed by atoms with E-state index in [4.69, 9.17) is 5.73 Å². The molecule has 0 saturated carbocycles. The highest BCUT2D eigenvalue weighted by Gasteiger charge is 2.28. The zero-order valence-electron chi connectivity index (χ0n) is 8.63. The molecule has 76 valence electrons. The third kappa shape index (κ3) is 1.20. The standard InChI is InChI=1S/C12H11NO2/c1-6-7(2)12(15)10-8(11(6)14)4-3-5-9(10)13/h3-5H,13H2,1-2H3. The number of anilines is 1. The molecule has 1 aromatic rings. The second kappa shape index (κ2) is 3.05. The highest BCUT2D eigenvalue weighted by Crippen LogP contribution is 2.29. The van der Waals surface area contributed by atoms with E-state index in [1.807, 2.05) is 0 Å². The van der Waals surface area contributed by atoms with Gasteiger partial charge in [0.25, 0.3) is 0 Å². The average molecular weight is 201 g/mol. The second-order valence-electron chi connectivity index (χ2n) is 3.68. The lowest BCUT2D eigenvalue weighted by molar-refractivity contribution is 0.0975. The lowest BCUT2D eigenvalue weighted by atomic mass is 9.84. The maximum atomic E-state index is 11.9. The average Bonchev–Trinajstić information content (AvgIpc) is 2.23. The summed E-state index contributed by atoms with van der Waals surface area (Å²) in [4.78, 5) is 23.8. The van der Waals surface area contributed by atoms with Crippen LogP contribution in [0.5, 0.6) is 0 Å². The topological polar surface area (TPSA) is 60.2 Å². The van der Waals surface area contributed by atoms with E-state index in [9.17, 15) is 9.59 Å². The van der Waals surface area contributed by atoms with Gasteiger partial charge in [0, 0.05) is 22.4 Å². The van der Waals surface area contributed by atoms with Gasteiger partial charge >= 0.3 is 0 Å². The first-order valence-electron chi connectivity index (χ1n) is 4.69. The van der Waals surface area contributed by atoms with E-state index in [1.54, 1.807) is 32.0 Å². The molecule has 0 saturated heterocycles. The molecule has 0 aromatic heterocycles. The van der Waals surface area contributed by atoms with Gasteiger partial charge in [0.15, 0.2) is 11.6 Å². The molecule has 3 nitrogen and oxygen atoms in total. The Morgan fingerprint density at radius 3 is 2.27 bits per heavy atom. The van der Waals surface area contributed by atoms with Crippen molar-refractivity contribution in [3.8, 4) is 0 Å². The minimum atomic E-state index is -0.139. The molecule has 2 N–H and O–H groups in total. The minimum absolute atomic E-state index is 0.102. The fourth-order valence-corrected chi connectivity index (χ4v) is 1.74. The fourth-order valence-electron chi connectivity index (χ4n) is 1.74. The first-order chi connectivity index (χ1) is 7.04. The number of allylic oxidation sites excluding steroid dienone is 2. The molecule has 2 rings (SSSR count). The van der Waals surface area contributed by atoms with Crippen molar-refractivity contribution in [1.82, 2.24) is 0 Å². The molecule has 1 aromatic carbocycles. The lowest BCUT2D eigenvalue weighted by Crippen LogP contribution is -2.20. The Hall–Kier alpha value is -1.90. The Morgan fingerprint density at radius 2 is 1.60 bits per heavy atom. The van der Waals surface area contributed by atoms with E-state index < -0.39 is 0 Å². The first kappa shape index (κ1) is 9.65. The van der Waals surface area contributed by atoms with E-state index in [2.05, 4.69) is 0 Å². The van der Waals surface area contributed by atoms with Crippen LogP contribution in [0.1, 0.15) is 34.6 Å². The summed E-state index contributed by atoms with van der Waals surface area (Å²) in [6.45, 7) is 3.33. The third-order valence-corrected chi connectivity index (χ3v) is 2.81. The number of nitrogens with two attached hydrogens (primary N) is 1. The number of hydrogen-bond donors (Lipinski definition) is 1. The van der Waals surface area contributed by atoms with Gasteiger partial charge in [-0.05, 0) is 19.9 Å². The molecule has 0 fully saturated rings. The van der Waals surface area contributed by atoms with E-state index in [0.29, 0.717) is 28.0 Å². The largest absolute Gasteiger partial charge is 0.398 e. The summed E-state index contributed by atoms with van der Waals surface area (Å²) in [6.07, 6.45) is 0. The van der Waals surface area contributed by atoms with E-state index in [1.165, 1.54) is 0 Å². The number of fused-ring (bicyclic) bond motifs is 1. The first-order valence-corrected chi connectivity index (χ1v) is 4.69. The van der Waals surface area contributed by atoms with Gasteiger partial charge in [-0.25, -0.2) is 0 Å². The van der Waals surface area contributed by atoms with Crippen molar-refractivity contribution in [2.24, 2.45) is 0 Å². The molecule has 0 bridgehead atoms. The number of nitrogen functional groups attached to an aromatic ring is 1. The highest BCUT2D eigenvalue weighted by atomic mass is 16.1. The molecule has 1 aliphatic rings. The van der Waals surface area contributed by atoms with Gasteiger partial charge in [0.05, 0.1) is 5.56 Å². The van der Waals surface area contributed by atoms with Crippen LogP contribution in [0, 0.1) is 0 Å². The van der Waals surface area contributed by atoms with Gasteiger partial charge in [0.1, 0.15) is 0 Å². The Labute approximate surface area is 87.6 Å². The number of benzene rings is 1. The van der Waals surface area contributed by atoms with E-state index in [0.717, 1.165) is 0 Å². The van der Waals surface area contributed by atoms with E-state index in [-0.39, 0.29) is 11.6 Å². The number of Topliss-reactive ketones (excluding diaryl/α,β-unsaturated/α-hetero) is 2. The van der Waals surface area contributed by atoms with Crippen LogP contribution in [0.25, 0.3) is 0 Å². The normalized spacial score (nSPS) is 15.6. The van der Waals surface area contributed by atoms with Crippen LogP contribution >= 0.6 is 0 Å². The van der Waals surface area contributed by atoms with Gasteiger partial charge < -0.3 is 5.73 Å². The van der Waals surface area contributed by atoms with Crippen LogP contribution in [-0.2, 0) is 0 Å². The molecule has 0 atom stereocenters. The van der Waals surface area contributed by atoms with Crippen molar-refractivity contribution >= 4 is 17.3 Å². The monoisotopic (exact) mass is 201 g/mol. The molecule has 0 spiro atoms. The molecule has 0 amide bonds. The maximum Gasteiger partial charge on any atom is 0.191 e. The number of hydrogen-bond acceptors (Lipinski definition) is 3. The molecule has 3 heteroatoms. The number of carbonyl (C=O) groups is 2. The van der Waals surface area contributed by atoms with Crippen molar-refractivity contribution in [2.45, 2.75) is 13.8 Å². The molecular weight excluding hydrogens is 190 g/mol. The van der Waals surface area contributed by atoms with Crippen LogP contribution in [0.15, 0.2) is 29.3 Å². The molecule has 0 aliphatic heterocycles. The Balaban J connectivity index is 2.79. The molecule has 0 unspecified atom stereocenters. The summed E-state index contributed by atoms with van der Waals surface area (Å²) in [5.74, 6) is -0.241. The van der Waals surface area contributed by atoms with Crippen molar-refractivity contribution in [1.29, 1.82) is 0 Å². The predicted molar refractivity (Wildman–Crippen MR) is 57.9 cm³/mol. The number of ketones is 2. The van der Waals surface area contributed by atoms with Crippen LogP contribution < -0.4 is 5.73 Å². The number of rotatable bonds is 0. The van der Waals surface area contributed by atoms with Crippen molar-refractivity contribution in [3.05, 3.63) is 40.5 Å². The summed E-state index contributed by atoms with van der Waals surface area (Å²) in [7, 11) is 0. The maximum absolute atomic E-state index is 11.9. The second-order valence-corrected chi connectivity index (χ2v) is 3.68. The summed E-state index contributed by atoms with van der Waals surface area (Å²) in [5.41, 5.74) is 7.85. The van der Waals surface area contributed by atoms with Crippen molar-refractivity contribution in [3.63, 3.8) is 0 Å². The van der Waals surface area contributed by atoms with Crippen LogP contribution in [-0.4, -0.2) is 11.6 Å². The van der Waals surface area contributed by atoms with Gasteiger partial charge in [-0.2, -0.15) is 0 Å². The predicted octanol–water partition coefficient (Wildman–Crippen LogP) is 1.98. The molecule has 0 heterocycles. The van der Waals surface area contributed by atoms with Gasteiger partial charge in [-0.1, -0.05) is 12.1 Å². The Kier molecular flexibility index (Phi) is 1.96. The van der Waals surface area contributed by atoms with Crippen molar-refractivity contribution < 1.29 is 9.59 Å². The zero-order valence-corrected chi connectivity index (χ0v) is 8.63. The molecule has 0 radical (unpaired) electrons. The smallest absolute Gasteiger partial charge is 0.191 e. The quantitative estimate of drug-likeness (QED) is 0.653. The minimum Gasteiger partial charge on any atom is -0.398 e. The van der Waals surface area contributed by atoms with Gasteiger partial charge in [-0.3, -0.25) is 9.59 Å². The summed E-state index contributed by atoms with van der Waals surface area (Å²) >= 11 is 0. The fraction of sp³-hybridized carbons (Fsp3) is 0.167. The summed E-state index contributed by atoms with van der Waals surface area (Å²) < 4.78 is 0. The van der Waals surface area contributed by atoms with Crippen LogP contribution in [0.2, 0.25) is 0 Å². The van der Waals surface area contributed by atoms with Crippen LogP contribution in [0.4, 0.5) is 5.69 Å². The van der Waals surface area contributed by atoms with Gasteiger partial charge in [-0.15, -0.1) is 0 Å². The van der Waals surface area contributed by atoms with Crippen molar-refractivity contribution in [2.75, 3.05) is 5.73 Å². The summed E-state index contributed by atoms with van der Waals surface area (Å²) in [5, 5.41) is 0. The molecule has 1 aliphatic carbocycles. The Morgan fingerprint density at radius 1 is 1.00 bits per heavy atom. The third-order valence-electron chi connectivity index (χ3n) is 2.81. The zero-order chi connectivity index (χ0) is 11.2. The molecule has 15 heavy (non-hydrogen) atoms. The summed E-state index contributed by atoms with van der Waals surface area (Å²) in [6, 6.07) is 4.97. The van der Waals surface area contributed by atoms with E-state index >= 15 is 0 Å². The number of carbonyl (C=O) groups excluding carboxylic acids is 2. The van der Waals surface area contributed by atoms with Gasteiger partial charge in [0.2, 0.25) is 0 Å². The molecular formula is C12H11NO2. The SMILES string of the molecule is CC1=C(C)C(=O)c2c(N)cccc2C1=O. The Bertz CT molecular complexity index is 512. The highest BCUT2D eigenvalue weighted by molar-refractivity contribution is 6.28.